The van der Waals surface area contributed by atoms with Crippen LogP contribution in [0.1, 0.15) is 117 Å². The van der Waals surface area contributed by atoms with E-state index in [4.69, 9.17) is 5.73 Å². The number of unbranched alkanes of at least 4 members (excludes halogenated alkanes) is 10. The Hall–Kier alpha value is -1.10. The Morgan fingerprint density at radius 1 is 0.929 bits per heavy atom. The molecular formula is C23H45N3O2. The summed E-state index contributed by atoms with van der Waals surface area (Å²) in [5.74, 6) is 0.0665. The van der Waals surface area contributed by atoms with Crippen LogP contribution in [0.4, 0.5) is 0 Å². The molecule has 28 heavy (non-hydrogen) atoms. The number of likely N-dealkylation sites (tertiary alicyclic amines) is 1. The number of nitrogens with zero attached hydrogens (tertiary/aromatic N) is 1. The minimum atomic E-state index is -0.316. The predicted molar refractivity (Wildman–Crippen MR) is 117 cm³/mol. The lowest BCUT2D eigenvalue weighted by Crippen LogP contribution is -2.51. The molecule has 0 spiro atoms. The molecule has 1 fully saturated rings. The van der Waals surface area contributed by atoms with Crippen molar-refractivity contribution in [3.05, 3.63) is 0 Å². The van der Waals surface area contributed by atoms with E-state index >= 15 is 0 Å². The fourth-order valence-corrected chi connectivity index (χ4v) is 4.02. The highest BCUT2D eigenvalue weighted by Crippen LogP contribution is 2.20. The van der Waals surface area contributed by atoms with Crippen LogP contribution >= 0.6 is 0 Å². The lowest BCUT2D eigenvalue weighted by molar-refractivity contribution is -0.138. The van der Waals surface area contributed by atoms with Crippen LogP contribution in [-0.4, -0.2) is 35.5 Å². The molecule has 0 radical (unpaired) electrons. The van der Waals surface area contributed by atoms with Crippen molar-refractivity contribution in [2.75, 3.05) is 6.54 Å². The number of carbonyl (C=O) groups excluding carboxylic acids is 2. The Balaban J connectivity index is 2.16. The lowest BCUT2D eigenvalue weighted by atomic mass is 10.1. The summed E-state index contributed by atoms with van der Waals surface area (Å²) < 4.78 is 0. The van der Waals surface area contributed by atoms with Crippen LogP contribution in [0.5, 0.6) is 0 Å². The summed E-state index contributed by atoms with van der Waals surface area (Å²) >= 11 is 0. The van der Waals surface area contributed by atoms with Crippen LogP contribution < -0.4 is 11.1 Å². The zero-order valence-corrected chi connectivity index (χ0v) is 18.5. The second-order valence-corrected chi connectivity index (χ2v) is 8.43. The van der Waals surface area contributed by atoms with Crippen molar-refractivity contribution in [1.29, 1.82) is 0 Å². The van der Waals surface area contributed by atoms with E-state index in [1.807, 2.05) is 0 Å². The van der Waals surface area contributed by atoms with E-state index in [0.29, 0.717) is 13.0 Å². The first-order valence-electron chi connectivity index (χ1n) is 12.0. The van der Waals surface area contributed by atoms with Gasteiger partial charge in [0.2, 0.25) is 11.8 Å². The minimum absolute atomic E-state index is 0.0717. The van der Waals surface area contributed by atoms with Crippen molar-refractivity contribution in [3.8, 4) is 0 Å². The van der Waals surface area contributed by atoms with Crippen molar-refractivity contribution in [2.24, 2.45) is 5.73 Å². The van der Waals surface area contributed by atoms with Gasteiger partial charge in [0.05, 0.1) is 6.17 Å². The van der Waals surface area contributed by atoms with Gasteiger partial charge in [-0.25, -0.2) is 0 Å². The summed E-state index contributed by atoms with van der Waals surface area (Å²) in [4.78, 5) is 26.8. The third-order valence-corrected chi connectivity index (χ3v) is 5.82. The first kappa shape index (κ1) is 24.9. The number of rotatable bonds is 16. The van der Waals surface area contributed by atoms with Crippen molar-refractivity contribution in [1.82, 2.24) is 10.2 Å². The van der Waals surface area contributed by atoms with E-state index < -0.39 is 0 Å². The summed E-state index contributed by atoms with van der Waals surface area (Å²) in [6, 6.07) is -0.316. The summed E-state index contributed by atoms with van der Waals surface area (Å²) in [6.45, 7) is 5.07. The Kier molecular flexibility index (Phi) is 14.1. The van der Waals surface area contributed by atoms with Crippen LogP contribution in [0, 0.1) is 0 Å². The lowest BCUT2D eigenvalue weighted by Gasteiger charge is -2.25. The zero-order valence-electron chi connectivity index (χ0n) is 18.5. The molecule has 0 aromatic heterocycles. The first-order chi connectivity index (χ1) is 13.6. The molecule has 1 saturated heterocycles. The van der Waals surface area contributed by atoms with E-state index in [0.717, 1.165) is 44.9 Å². The molecule has 0 saturated carbocycles. The van der Waals surface area contributed by atoms with Gasteiger partial charge in [0, 0.05) is 13.0 Å². The van der Waals surface area contributed by atoms with Crippen LogP contribution in [0.25, 0.3) is 0 Å². The van der Waals surface area contributed by atoms with E-state index in [1.54, 1.807) is 4.90 Å². The molecule has 2 atom stereocenters. The van der Waals surface area contributed by atoms with Crippen LogP contribution in [0.3, 0.4) is 0 Å². The maximum atomic E-state index is 12.6. The van der Waals surface area contributed by atoms with Crippen molar-refractivity contribution in [3.63, 3.8) is 0 Å². The molecule has 3 N–H and O–H groups in total. The van der Waals surface area contributed by atoms with Gasteiger partial charge in [-0.3, -0.25) is 9.59 Å². The third-order valence-electron chi connectivity index (χ3n) is 5.82. The average molecular weight is 396 g/mol. The molecule has 1 aliphatic heterocycles. The number of nitrogens with one attached hydrogen (secondary N) is 1. The van der Waals surface area contributed by atoms with Crippen LogP contribution in [0.15, 0.2) is 0 Å². The minimum Gasteiger partial charge on any atom is -0.339 e. The second-order valence-electron chi connectivity index (χ2n) is 8.43. The summed E-state index contributed by atoms with van der Waals surface area (Å²) in [5, 5.41) is 2.90. The van der Waals surface area contributed by atoms with Gasteiger partial charge in [0.15, 0.2) is 0 Å². The van der Waals surface area contributed by atoms with Gasteiger partial charge >= 0.3 is 0 Å². The SMILES string of the molecule is CCCCCCCCCCCCC(=O)N1CCCC1C(=O)N[C@@H](N)CCCC. The van der Waals surface area contributed by atoms with E-state index in [9.17, 15) is 9.59 Å². The van der Waals surface area contributed by atoms with Gasteiger partial charge in [-0.05, 0) is 25.7 Å². The highest BCUT2D eigenvalue weighted by atomic mass is 16.2. The highest BCUT2D eigenvalue weighted by molar-refractivity contribution is 5.88. The Bertz CT molecular complexity index is 428. The smallest absolute Gasteiger partial charge is 0.244 e. The standard InChI is InChI=1S/C23H45N3O2/c1-3-5-7-8-9-10-11-12-13-14-18-22(27)26-19-15-16-20(26)23(28)25-21(24)17-6-4-2/h20-21H,3-19,24H2,1-2H3,(H,25,28)/t20?,21-/m1/s1. The van der Waals surface area contributed by atoms with Crippen LogP contribution in [-0.2, 0) is 9.59 Å². The molecule has 1 unspecified atom stereocenters. The maximum absolute atomic E-state index is 12.6. The Morgan fingerprint density at radius 2 is 1.50 bits per heavy atom. The topological polar surface area (TPSA) is 75.4 Å². The number of carbonyl (C=O) groups is 2. The normalized spacial score (nSPS) is 17.7. The van der Waals surface area contributed by atoms with Gasteiger partial charge in [-0.1, -0.05) is 84.5 Å². The van der Waals surface area contributed by atoms with Gasteiger partial charge in [-0.15, -0.1) is 0 Å². The maximum Gasteiger partial charge on any atom is 0.244 e. The predicted octanol–water partition coefficient (Wildman–Crippen LogP) is 4.88. The molecular weight excluding hydrogens is 350 g/mol. The number of hydrogen-bond acceptors (Lipinski definition) is 3. The largest absolute Gasteiger partial charge is 0.339 e. The molecule has 5 heteroatoms. The van der Waals surface area contributed by atoms with E-state index in [2.05, 4.69) is 19.2 Å². The van der Waals surface area contributed by atoms with Gasteiger partial charge in [0.25, 0.3) is 0 Å². The van der Waals surface area contributed by atoms with Crippen molar-refractivity contribution in [2.45, 2.75) is 129 Å². The Morgan fingerprint density at radius 3 is 2.11 bits per heavy atom. The van der Waals surface area contributed by atoms with Gasteiger partial charge in [0.1, 0.15) is 6.04 Å². The first-order valence-corrected chi connectivity index (χ1v) is 12.0. The second kappa shape index (κ2) is 15.8. The fourth-order valence-electron chi connectivity index (χ4n) is 4.02. The molecule has 0 aliphatic carbocycles. The number of hydrogen-bond donors (Lipinski definition) is 2. The third kappa shape index (κ3) is 10.4. The molecule has 1 aliphatic rings. The molecule has 0 aromatic carbocycles. The molecule has 5 nitrogen and oxygen atoms in total. The van der Waals surface area contributed by atoms with E-state index in [-0.39, 0.29) is 24.0 Å². The summed E-state index contributed by atoms with van der Waals surface area (Å²) in [6.07, 6.45) is 17.5. The van der Waals surface area contributed by atoms with Crippen molar-refractivity contribution < 1.29 is 9.59 Å². The summed E-state index contributed by atoms with van der Waals surface area (Å²) in [7, 11) is 0. The van der Waals surface area contributed by atoms with Crippen molar-refractivity contribution >= 4 is 11.8 Å². The van der Waals surface area contributed by atoms with Gasteiger partial charge < -0.3 is 16.0 Å². The Labute approximate surface area is 173 Å². The quantitative estimate of drug-likeness (QED) is 0.289. The molecule has 164 valence electrons. The monoisotopic (exact) mass is 395 g/mol. The zero-order chi connectivity index (χ0) is 20.6. The molecule has 1 heterocycles. The number of amides is 2. The highest BCUT2D eigenvalue weighted by Gasteiger charge is 2.33. The average Bonchev–Trinajstić information content (AvgIpc) is 3.17. The van der Waals surface area contributed by atoms with Crippen LogP contribution in [0.2, 0.25) is 0 Å². The number of nitrogens with two attached hydrogens (primary N) is 1. The summed E-state index contributed by atoms with van der Waals surface area (Å²) in [5.41, 5.74) is 5.99. The fraction of sp³-hybridized carbons (Fsp3) is 0.913. The van der Waals surface area contributed by atoms with E-state index in [1.165, 1.54) is 51.4 Å². The molecule has 0 bridgehead atoms. The molecule has 0 aromatic rings. The molecule has 2 amide bonds. The van der Waals surface area contributed by atoms with Gasteiger partial charge in [-0.2, -0.15) is 0 Å². The molecule has 1 rings (SSSR count).